The smallest absolute Gasteiger partial charge is 0.389 e. The van der Waals surface area contributed by atoms with Crippen LogP contribution in [0.3, 0.4) is 0 Å². The van der Waals surface area contributed by atoms with Crippen LogP contribution >= 0.6 is 0 Å². The van der Waals surface area contributed by atoms with Gasteiger partial charge in [-0.05, 0) is 24.1 Å². The molecule has 1 rings (SSSR count). The second-order valence-corrected chi connectivity index (χ2v) is 3.96. The Balaban J connectivity index is 2.84. The fraction of sp³-hybridized carbons (Fsp3) is 0.500. The highest BCUT2D eigenvalue weighted by molar-refractivity contribution is 5.43. The molecule has 1 unspecified atom stereocenters. The van der Waals surface area contributed by atoms with Crippen molar-refractivity contribution in [2.45, 2.75) is 31.7 Å². The van der Waals surface area contributed by atoms with Crippen molar-refractivity contribution in [1.82, 2.24) is 0 Å². The van der Waals surface area contributed by atoms with E-state index in [1.165, 1.54) is 19.2 Å². The van der Waals surface area contributed by atoms with Crippen molar-refractivity contribution in [1.29, 1.82) is 0 Å². The molecule has 0 aromatic heterocycles. The normalized spacial score (nSPS) is 13.4. The van der Waals surface area contributed by atoms with Crippen LogP contribution in [0.2, 0.25) is 0 Å². The van der Waals surface area contributed by atoms with Gasteiger partial charge in [-0.25, -0.2) is 0 Å². The van der Waals surface area contributed by atoms with Crippen molar-refractivity contribution in [3.63, 3.8) is 0 Å². The largest absolute Gasteiger partial charge is 0.493 e. The van der Waals surface area contributed by atoms with Gasteiger partial charge in [0.1, 0.15) is 0 Å². The standard InChI is InChI=1S/C12H13F5O3/c1-19-9-3-2-7(6-10(9)20-11(13)14)8(18)4-5-12(15,16)17/h2-3,6,8,11,18H,4-5H2,1H3. The van der Waals surface area contributed by atoms with Crippen LogP contribution in [0.5, 0.6) is 11.5 Å². The minimum absolute atomic E-state index is 0.00271. The molecule has 0 heterocycles. The maximum absolute atomic E-state index is 12.2. The van der Waals surface area contributed by atoms with Crippen LogP contribution in [0.25, 0.3) is 0 Å². The highest BCUT2D eigenvalue weighted by Gasteiger charge is 2.28. The number of ether oxygens (including phenoxy) is 2. The predicted molar refractivity (Wildman–Crippen MR) is 59.9 cm³/mol. The Morgan fingerprint density at radius 2 is 1.85 bits per heavy atom. The minimum atomic E-state index is -4.39. The van der Waals surface area contributed by atoms with E-state index >= 15 is 0 Å². The molecule has 0 saturated carbocycles. The second-order valence-electron chi connectivity index (χ2n) is 3.96. The number of alkyl halides is 5. The molecule has 1 atom stereocenters. The average molecular weight is 300 g/mol. The Bertz CT molecular complexity index is 434. The van der Waals surface area contributed by atoms with E-state index in [0.717, 1.165) is 6.07 Å². The van der Waals surface area contributed by atoms with E-state index in [2.05, 4.69) is 4.74 Å². The zero-order valence-corrected chi connectivity index (χ0v) is 10.5. The summed E-state index contributed by atoms with van der Waals surface area (Å²) in [5.41, 5.74) is 0.0469. The fourth-order valence-corrected chi connectivity index (χ4v) is 1.56. The summed E-state index contributed by atoms with van der Waals surface area (Å²) in [6, 6.07) is 3.56. The van der Waals surface area contributed by atoms with Gasteiger partial charge in [-0.2, -0.15) is 22.0 Å². The second kappa shape index (κ2) is 6.74. The van der Waals surface area contributed by atoms with Gasteiger partial charge < -0.3 is 14.6 Å². The fourth-order valence-electron chi connectivity index (χ4n) is 1.56. The van der Waals surface area contributed by atoms with Crippen LogP contribution in [-0.4, -0.2) is 25.0 Å². The molecular weight excluding hydrogens is 287 g/mol. The van der Waals surface area contributed by atoms with E-state index in [0.29, 0.717) is 0 Å². The molecule has 20 heavy (non-hydrogen) atoms. The van der Waals surface area contributed by atoms with Crippen molar-refractivity contribution in [2.24, 2.45) is 0 Å². The van der Waals surface area contributed by atoms with Gasteiger partial charge in [-0.3, -0.25) is 0 Å². The lowest BCUT2D eigenvalue weighted by atomic mass is 10.0. The number of rotatable bonds is 6. The number of hydrogen-bond donors (Lipinski definition) is 1. The van der Waals surface area contributed by atoms with E-state index in [-0.39, 0.29) is 17.1 Å². The first-order chi connectivity index (χ1) is 9.23. The van der Waals surface area contributed by atoms with Gasteiger partial charge >= 0.3 is 12.8 Å². The third-order valence-electron chi connectivity index (χ3n) is 2.49. The van der Waals surface area contributed by atoms with Crippen LogP contribution in [0.15, 0.2) is 18.2 Å². The molecule has 0 aliphatic rings. The molecule has 0 aliphatic heterocycles. The Morgan fingerprint density at radius 1 is 1.20 bits per heavy atom. The zero-order valence-electron chi connectivity index (χ0n) is 10.5. The van der Waals surface area contributed by atoms with E-state index in [1.807, 2.05) is 0 Å². The average Bonchev–Trinajstić information content (AvgIpc) is 2.34. The lowest BCUT2D eigenvalue weighted by Crippen LogP contribution is -2.10. The van der Waals surface area contributed by atoms with E-state index < -0.39 is 31.7 Å². The molecule has 0 amide bonds. The lowest BCUT2D eigenvalue weighted by molar-refractivity contribution is -0.140. The van der Waals surface area contributed by atoms with Gasteiger partial charge in [0, 0.05) is 6.42 Å². The summed E-state index contributed by atoms with van der Waals surface area (Å²) in [5, 5.41) is 9.62. The topological polar surface area (TPSA) is 38.7 Å². The van der Waals surface area contributed by atoms with Gasteiger partial charge in [0.05, 0.1) is 13.2 Å². The third-order valence-corrected chi connectivity index (χ3v) is 2.49. The molecule has 114 valence electrons. The molecule has 0 aliphatic carbocycles. The van der Waals surface area contributed by atoms with E-state index in [9.17, 15) is 27.1 Å². The molecule has 8 heteroatoms. The molecule has 3 nitrogen and oxygen atoms in total. The summed E-state index contributed by atoms with van der Waals surface area (Å²) < 4.78 is 69.5. The first kappa shape index (κ1) is 16.5. The van der Waals surface area contributed by atoms with Gasteiger partial charge in [0.15, 0.2) is 11.5 Å². The molecular formula is C12H13F5O3. The molecule has 1 aromatic rings. The van der Waals surface area contributed by atoms with E-state index in [1.54, 1.807) is 0 Å². The maximum atomic E-state index is 12.2. The summed E-state index contributed by atoms with van der Waals surface area (Å²) in [4.78, 5) is 0. The number of methoxy groups -OCH3 is 1. The summed E-state index contributed by atoms with van der Waals surface area (Å²) in [5.74, 6) is -0.344. The predicted octanol–water partition coefficient (Wildman–Crippen LogP) is 3.67. The summed E-state index contributed by atoms with van der Waals surface area (Å²) in [6.07, 6.45) is -7.56. The quantitative estimate of drug-likeness (QED) is 0.815. The molecule has 0 fully saturated rings. The zero-order chi connectivity index (χ0) is 15.3. The monoisotopic (exact) mass is 300 g/mol. The first-order valence-corrected chi connectivity index (χ1v) is 5.60. The van der Waals surface area contributed by atoms with Crippen LogP contribution in [0, 0.1) is 0 Å². The summed E-state index contributed by atoms with van der Waals surface area (Å²) in [6.45, 7) is -3.11. The van der Waals surface area contributed by atoms with Crippen molar-refractivity contribution in [3.8, 4) is 11.5 Å². The highest BCUT2D eigenvalue weighted by Crippen LogP contribution is 2.34. The van der Waals surface area contributed by atoms with Crippen LogP contribution in [0.4, 0.5) is 22.0 Å². The van der Waals surface area contributed by atoms with Crippen molar-refractivity contribution in [3.05, 3.63) is 23.8 Å². The first-order valence-electron chi connectivity index (χ1n) is 5.60. The third kappa shape index (κ3) is 5.20. The van der Waals surface area contributed by atoms with Crippen molar-refractivity contribution in [2.75, 3.05) is 7.11 Å². The number of halogens is 5. The molecule has 0 spiro atoms. The molecule has 0 radical (unpaired) electrons. The number of aliphatic hydroxyl groups excluding tert-OH is 1. The Kier molecular flexibility index (Phi) is 5.55. The van der Waals surface area contributed by atoms with Crippen LogP contribution in [0.1, 0.15) is 24.5 Å². The van der Waals surface area contributed by atoms with Crippen molar-refractivity contribution >= 4 is 0 Å². The van der Waals surface area contributed by atoms with Gasteiger partial charge in [0.25, 0.3) is 0 Å². The van der Waals surface area contributed by atoms with Crippen LogP contribution in [-0.2, 0) is 0 Å². The Hall–Kier alpha value is -1.57. The highest BCUT2D eigenvalue weighted by atomic mass is 19.4. The number of aliphatic hydroxyl groups is 1. The van der Waals surface area contributed by atoms with Crippen LogP contribution < -0.4 is 9.47 Å². The number of benzene rings is 1. The Morgan fingerprint density at radius 3 is 2.35 bits per heavy atom. The lowest BCUT2D eigenvalue weighted by Gasteiger charge is -2.15. The van der Waals surface area contributed by atoms with Gasteiger partial charge in [-0.1, -0.05) is 6.07 Å². The molecule has 1 N–H and O–H groups in total. The summed E-state index contributed by atoms with van der Waals surface area (Å²) >= 11 is 0. The maximum Gasteiger partial charge on any atom is 0.389 e. The summed E-state index contributed by atoms with van der Waals surface area (Å²) in [7, 11) is 1.23. The van der Waals surface area contributed by atoms with Gasteiger partial charge in [0.2, 0.25) is 0 Å². The van der Waals surface area contributed by atoms with Gasteiger partial charge in [-0.15, -0.1) is 0 Å². The van der Waals surface area contributed by atoms with Crippen molar-refractivity contribution < 1.29 is 36.5 Å². The Labute approximate surface area is 111 Å². The SMILES string of the molecule is COc1ccc(C(O)CCC(F)(F)F)cc1OC(F)F. The molecule has 1 aromatic carbocycles. The number of hydrogen-bond acceptors (Lipinski definition) is 3. The molecule has 0 bridgehead atoms. The van der Waals surface area contributed by atoms with E-state index in [4.69, 9.17) is 4.74 Å². The molecule has 0 saturated heterocycles. The minimum Gasteiger partial charge on any atom is -0.493 e.